The Morgan fingerprint density at radius 3 is 2.65 bits per heavy atom. The summed E-state index contributed by atoms with van der Waals surface area (Å²) in [4.78, 5) is 11.5. The predicted molar refractivity (Wildman–Crippen MR) is 66.3 cm³/mol. The van der Waals surface area contributed by atoms with Gasteiger partial charge in [-0.25, -0.2) is 9.18 Å². The van der Waals surface area contributed by atoms with E-state index in [1.54, 1.807) is 12.1 Å². The van der Waals surface area contributed by atoms with Gasteiger partial charge in [-0.2, -0.15) is 0 Å². The molecule has 4 N–H and O–H groups in total. The van der Waals surface area contributed by atoms with Gasteiger partial charge in [0.05, 0.1) is 5.69 Å². The van der Waals surface area contributed by atoms with Gasteiger partial charge in [0.15, 0.2) is 0 Å². The van der Waals surface area contributed by atoms with Crippen molar-refractivity contribution in [2.75, 3.05) is 5.32 Å². The van der Waals surface area contributed by atoms with Gasteiger partial charge in [-0.05, 0) is 32.4 Å². The van der Waals surface area contributed by atoms with Crippen LogP contribution in [0.25, 0.3) is 0 Å². The molecule has 0 saturated heterocycles. The zero-order chi connectivity index (χ0) is 12.8. The van der Waals surface area contributed by atoms with Crippen molar-refractivity contribution >= 4 is 11.7 Å². The van der Waals surface area contributed by atoms with Crippen LogP contribution in [0.5, 0.6) is 0 Å². The lowest BCUT2D eigenvalue weighted by Gasteiger charge is -2.16. The summed E-state index contributed by atoms with van der Waals surface area (Å²) in [6, 6.07) is 5.55. The zero-order valence-corrected chi connectivity index (χ0v) is 10.0. The number of carbonyl (C=O) groups is 1. The fraction of sp³-hybridized carbons (Fsp3) is 0.417. The summed E-state index contributed by atoms with van der Waals surface area (Å²) in [5, 5.41) is 5.14. The van der Waals surface area contributed by atoms with E-state index >= 15 is 0 Å². The van der Waals surface area contributed by atoms with E-state index in [4.69, 9.17) is 5.73 Å². The molecule has 1 aromatic carbocycles. The van der Waals surface area contributed by atoms with Crippen molar-refractivity contribution in [1.82, 2.24) is 5.32 Å². The molecular formula is C12H18FN3O. The van der Waals surface area contributed by atoms with E-state index in [-0.39, 0.29) is 17.8 Å². The molecular weight excluding hydrogens is 221 g/mol. The largest absolute Gasteiger partial charge is 0.335 e. The van der Waals surface area contributed by atoms with E-state index in [1.165, 1.54) is 12.1 Å². The molecule has 0 heterocycles. The number of halogens is 1. The van der Waals surface area contributed by atoms with Gasteiger partial charge in [0.25, 0.3) is 0 Å². The van der Waals surface area contributed by atoms with Crippen LogP contribution in [0.3, 0.4) is 0 Å². The van der Waals surface area contributed by atoms with E-state index in [0.717, 1.165) is 0 Å². The van der Waals surface area contributed by atoms with E-state index in [0.29, 0.717) is 6.42 Å². The van der Waals surface area contributed by atoms with Crippen molar-refractivity contribution in [2.45, 2.75) is 32.4 Å². The SMILES string of the molecule is CC(N)CC(C)NC(=O)Nc1ccccc1F. The van der Waals surface area contributed by atoms with Crippen molar-refractivity contribution in [2.24, 2.45) is 5.73 Å². The minimum Gasteiger partial charge on any atom is -0.335 e. The summed E-state index contributed by atoms with van der Waals surface area (Å²) in [6.45, 7) is 3.72. The molecule has 0 bridgehead atoms. The molecule has 0 fully saturated rings. The highest BCUT2D eigenvalue weighted by Gasteiger charge is 2.10. The number of para-hydroxylation sites is 1. The molecule has 0 aliphatic heterocycles. The molecule has 1 rings (SSSR count). The smallest absolute Gasteiger partial charge is 0.319 e. The Kier molecular flexibility index (Phi) is 4.90. The van der Waals surface area contributed by atoms with E-state index in [9.17, 15) is 9.18 Å². The lowest BCUT2D eigenvalue weighted by Crippen LogP contribution is -2.39. The van der Waals surface area contributed by atoms with Crippen LogP contribution in [0.2, 0.25) is 0 Å². The van der Waals surface area contributed by atoms with Gasteiger partial charge in [-0.3, -0.25) is 0 Å². The second-order valence-electron chi connectivity index (χ2n) is 4.19. The molecule has 0 aromatic heterocycles. The molecule has 17 heavy (non-hydrogen) atoms. The highest BCUT2D eigenvalue weighted by atomic mass is 19.1. The quantitative estimate of drug-likeness (QED) is 0.753. The number of urea groups is 1. The highest BCUT2D eigenvalue weighted by molar-refractivity contribution is 5.89. The Balaban J connectivity index is 2.47. The third-order valence-corrected chi connectivity index (χ3v) is 2.22. The third-order valence-electron chi connectivity index (χ3n) is 2.22. The lowest BCUT2D eigenvalue weighted by atomic mass is 10.1. The van der Waals surface area contributed by atoms with Gasteiger partial charge in [-0.1, -0.05) is 12.1 Å². The maximum Gasteiger partial charge on any atom is 0.319 e. The summed E-state index contributed by atoms with van der Waals surface area (Å²) >= 11 is 0. The average molecular weight is 239 g/mol. The van der Waals surface area contributed by atoms with Gasteiger partial charge in [0.1, 0.15) is 5.82 Å². The van der Waals surface area contributed by atoms with Gasteiger partial charge in [0, 0.05) is 12.1 Å². The number of rotatable bonds is 4. The second-order valence-corrected chi connectivity index (χ2v) is 4.19. The average Bonchev–Trinajstić information content (AvgIpc) is 2.19. The molecule has 0 saturated carbocycles. The van der Waals surface area contributed by atoms with Crippen molar-refractivity contribution in [3.05, 3.63) is 30.1 Å². The number of anilines is 1. The third kappa shape index (κ3) is 4.82. The second kappa shape index (κ2) is 6.20. The Morgan fingerprint density at radius 1 is 1.41 bits per heavy atom. The van der Waals surface area contributed by atoms with E-state index in [2.05, 4.69) is 10.6 Å². The van der Waals surface area contributed by atoms with Crippen LogP contribution in [0.1, 0.15) is 20.3 Å². The van der Waals surface area contributed by atoms with E-state index in [1.807, 2.05) is 13.8 Å². The fourth-order valence-electron chi connectivity index (χ4n) is 1.56. The normalized spacial score (nSPS) is 13.9. The number of hydrogen-bond donors (Lipinski definition) is 3. The Hall–Kier alpha value is -1.62. The number of amides is 2. The number of nitrogens with one attached hydrogen (secondary N) is 2. The number of nitrogens with two attached hydrogens (primary N) is 1. The fourth-order valence-corrected chi connectivity index (χ4v) is 1.56. The first-order valence-electron chi connectivity index (χ1n) is 5.56. The van der Waals surface area contributed by atoms with Gasteiger partial charge < -0.3 is 16.4 Å². The van der Waals surface area contributed by atoms with Crippen molar-refractivity contribution in [1.29, 1.82) is 0 Å². The van der Waals surface area contributed by atoms with Gasteiger partial charge in [-0.15, -0.1) is 0 Å². The first kappa shape index (κ1) is 13.4. The predicted octanol–water partition coefficient (Wildman–Crippen LogP) is 2.07. The van der Waals surface area contributed by atoms with Crippen LogP contribution >= 0.6 is 0 Å². The molecule has 0 aliphatic rings. The highest BCUT2D eigenvalue weighted by Crippen LogP contribution is 2.11. The minimum atomic E-state index is -0.456. The summed E-state index contributed by atoms with van der Waals surface area (Å²) in [5.74, 6) is -0.456. The summed E-state index contributed by atoms with van der Waals surface area (Å²) in [6.07, 6.45) is 0.671. The molecule has 5 heteroatoms. The standard InChI is InChI=1S/C12H18FN3O/c1-8(14)7-9(2)15-12(17)16-11-6-4-3-5-10(11)13/h3-6,8-9H,7,14H2,1-2H3,(H2,15,16,17). The summed E-state index contributed by atoms with van der Waals surface area (Å²) < 4.78 is 13.2. The summed E-state index contributed by atoms with van der Waals surface area (Å²) in [7, 11) is 0. The molecule has 0 radical (unpaired) electrons. The van der Waals surface area contributed by atoms with Gasteiger partial charge in [0.2, 0.25) is 0 Å². The van der Waals surface area contributed by atoms with Crippen LogP contribution in [0, 0.1) is 5.82 Å². The number of hydrogen-bond acceptors (Lipinski definition) is 2. The zero-order valence-electron chi connectivity index (χ0n) is 10.0. The van der Waals surface area contributed by atoms with Crippen LogP contribution in [-0.2, 0) is 0 Å². The monoisotopic (exact) mass is 239 g/mol. The molecule has 2 amide bonds. The van der Waals surface area contributed by atoms with Crippen LogP contribution < -0.4 is 16.4 Å². The van der Waals surface area contributed by atoms with Crippen molar-refractivity contribution in [3.63, 3.8) is 0 Å². The number of benzene rings is 1. The van der Waals surface area contributed by atoms with E-state index < -0.39 is 11.8 Å². The van der Waals surface area contributed by atoms with Crippen molar-refractivity contribution in [3.8, 4) is 0 Å². The van der Waals surface area contributed by atoms with Crippen molar-refractivity contribution < 1.29 is 9.18 Å². The Morgan fingerprint density at radius 2 is 2.06 bits per heavy atom. The molecule has 4 nitrogen and oxygen atoms in total. The lowest BCUT2D eigenvalue weighted by molar-refractivity contribution is 0.248. The first-order chi connectivity index (χ1) is 7.99. The van der Waals surface area contributed by atoms with Gasteiger partial charge >= 0.3 is 6.03 Å². The topological polar surface area (TPSA) is 67.1 Å². The molecule has 2 unspecified atom stereocenters. The minimum absolute atomic E-state index is 0.0127. The first-order valence-corrected chi connectivity index (χ1v) is 5.56. The molecule has 1 aromatic rings. The maximum atomic E-state index is 13.2. The Bertz CT molecular complexity index is 382. The molecule has 2 atom stereocenters. The maximum absolute atomic E-state index is 13.2. The molecule has 0 aliphatic carbocycles. The van der Waals surface area contributed by atoms with Crippen LogP contribution in [0.15, 0.2) is 24.3 Å². The summed E-state index contributed by atoms with van der Waals surface area (Å²) in [5.41, 5.74) is 5.78. The Labute approximate surface area is 100 Å². The number of carbonyl (C=O) groups excluding carboxylic acids is 1. The molecule has 94 valence electrons. The van der Waals surface area contributed by atoms with Crippen LogP contribution in [0.4, 0.5) is 14.9 Å². The molecule has 0 spiro atoms. The van der Waals surface area contributed by atoms with Crippen LogP contribution in [-0.4, -0.2) is 18.1 Å².